The van der Waals surface area contributed by atoms with Crippen LogP contribution in [0.4, 0.5) is 0 Å². The molecular weight excluding hydrogens is 258 g/mol. The molecule has 1 aromatic rings. The largest absolute Gasteiger partial charge is 0.361 e. The van der Waals surface area contributed by atoms with Gasteiger partial charge in [-0.3, -0.25) is 5.32 Å². The average Bonchev–Trinajstić information content (AvgIpc) is 2.45. The number of nitrogens with one attached hydrogen (secondary N) is 1. The summed E-state index contributed by atoms with van der Waals surface area (Å²) >= 11 is 0. The minimum Gasteiger partial charge on any atom is -0.361 e. The van der Waals surface area contributed by atoms with Gasteiger partial charge in [0.25, 0.3) is 0 Å². The molecule has 0 aliphatic rings. The summed E-state index contributed by atoms with van der Waals surface area (Å²) < 4.78 is 5.96. The summed E-state index contributed by atoms with van der Waals surface area (Å²) in [7, 11) is 0. The van der Waals surface area contributed by atoms with Crippen molar-refractivity contribution in [2.24, 2.45) is 5.92 Å². The van der Waals surface area contributed by atoms with Crippen LogP contribution in [-0.2, 0) is 11.2 Å². The van der Waals surface area contributed by atoms with Crippen LogP contribution in [0.3, 0.4) is 0 Å². The summed E-state index contributed by atoms with van der Waals surface area (Å²) in [6.07, 6.45) is 3.38. The minimum atomic E-state index is -0.257. The van der Waals surface area contributed by atoms with E-state index in [1.807, 2.05) is 0 Å². The van der Waals surface area contributed by atoms with Crippen molar-refractivity contribution in [1.29, 1.82) is 0 Å². The van der Waals surface area contributed by atoms with Crippen LogP contribution >= 0.6 is 0 Å². The summed E-state index contributed by atoms with van der Waals surface area (Å²) in [5.41, 5.74) is 3.76. The Balaban J connectivity index is 2.64. The van der Waals surface area contributed by atoms with Crippen molar-refractivity contribution in [1.82, 2.24) is 5.32 Å². The van der Waals surface area contributed by atoms with Gasteiger partial charge in [-0.2, -0.15) is 0 Å². The molecule has 0 amide bonds. The molecule has 0 saturated carbocycles. The van der Waals surface area contributed by atoms with Crippen LogP contribution in [0, 0.1) is 5.92 Å². The lowest BCUT2D eigenvalue weighted by Gasteiger charge is -2.27. The molecule has 0 saturated heterocycles. The van der Waals surface area contributed by atoms with E-state index in [0.717, 1.165) is 19.6 Å². The molecule has 0 radical (unpaired) electrons. The van der Waals surface area contributed by atoms with Crippen LogP contribution in [-0.4, -0.2) is 18.9 Å². The van der Waals surface area contributed by atoms with Crippen molar-refractivity contribution in [2.75, 3.05) is 13.2 Å². The highest BCUT2D eigenvalue weighted by Gasteiger charge is 2.16. The average molecular weight is 289 g/mol. The fourth-order valence-electron chi connectivity index (χ4n) is 2.42. The second-order valence-corrected chi connectivity index (χ2v) is 6.23. The molecule has 0 aliphatic carbocycles. The van der Waals surface area contributed by atoms with Gasteiger partial charge in [-0.05, 0) is 56.4 Å². The van der Waals surface area contributed by atoms with Crippen molar-refractivity contribution < 1.29 is 4.74 Å². The van der Waals surface area contributed by atoms with Gasteiger partial charge in [0, 0.05) is 0 Å². The molecule has 0 aromatic heterocycles. The van der Waals surface area contributed by atoms with Gasteiger partial charge in [-0.15, -0.1) is 0 Å². The zero-order chi connectivity index (χ0) is 15.9. The zero-order valence-electron chi connectivity index (χ0n) is 14.5. The van der Waals surface area contributed by atoms with E-state index in [1.54, 1.807) is 0 Å². The lowest BCUT2D eigenvalue weighted by molar-refractivity contribution is -0.0499. The third-order valence-electron chi connectivity index (χ3n) is 3.63. The lowest BCUT2D eigenvalue weighted by Crippen LogP contribution is -2.42. The Labute approximate surface area is 130 Å². The molecule has 1 rings (SSSR count). The van der Waals surface area contributed by atoms with Gasteiger partial charge in [0.15, 0.2) is 0 Å². The van der Waals surface area contributed by atoms with E-state index in [0.29, 0.717) is 5.92 Å². The lowest BCUT2D eigenvalue weighted by atomic mass is 10.00. The Morgan fingerprint density at radius 2 is 2.05 bits per heavy atom. The molecule has 1 aromatic carbocycles. The number of benzene rings is 1. The predicted octanol–water partition coefficient (Wildman–Crippen LogP) is 4.65. The van der Waals surface area contributed by atoms with Crippen LogP contribution in [0.2, 0.25) is 0 Å². The second-order valence-electron chi connectivity index (χ2n) is 6.23. The van der Waals surface area contributed by atoms with E-state index in [9.17, 15) is 0 Å². The molecule has 1 atom stereocenters. The Morgan fingerprint density at radius 3 is 2.67 bits per heavy atom. The van der Waals surface area contributed by atoms with Crippen LogP contribution in [0.1, 0.15) is 52.7 Å². The van der Waals surface area contributed by atoms with E-state index in [4.69, 9.17) is 4.74 Å². The molecule has 0 fully saturated rings. The zero-order valence-corrected chi connectivity index (χ0v) is 14.5. The van der Waals surface area contributed by atoms with E-state index < -0.39 is 0 Å². The summed E-state index contributed by atoms with van der Waals surface area (Å²) in [5, 5.41) is 3.33. The smallest absolute Gasteiger partial charge is 0.113 e. The first-order valence-electron chi connectivity index (χ1n) is 8.04. The fraction of sp³-hybridized carbons (Fsp3) is 0.579. The monoisotopic (exact) mass is 289 g/mol. The van der Waals surface area contributed by atoms with Crippen LogP contribution in [0.15, 0.2) is 30.3 Å². The van der Waals surface area contributed by atoms with Crippen molar-refractivity contribution >= 4 is 5.57 Å². The molecular formula is C19H31NO. The van der Waals surface area contributed by atoms with Gasteiger partial charge < -0.3 is 4.74 Å². The number of ether oxygens (including phenoxy) is 1. The molecule has 21 heavy (non-hydrogen) atoms. The van der Waals surface area contributed by atoms with Crippen molar-refractivity contribution in [2.45, 2.75) is 53.7 Å². The number of hydrogen-bond acceptors (Lipinski definition) is 2. The standard InChI is InChI=1S/C19H31NO/c1-7-17-10-9-11-18(13-17)16(4)12-15(3)14-21-19(5,6)20-8-2/h9-13,15,20H,7-8,14H2,1-6H3/b16-12+. The number of allylic oxidation sites excluding steroid dienone is 1. The second kappa shape index (κ2) is 8.35. The third kappa shape index (κ3) is 6.45. The number of aryl methyl sites for hydroxylation is 1. The van der Waals surface area contributed by atoms with Gasteiger partial charge in [-0.1, -0.05) is 51.1 Å². The Morgan fingerprint density at radius 1 is 1.33 bits per heavy atom. The molecule has 118 valence electrons. The predicted molar refractivity (Wildman–Crippen MR) is 92.3 cm³/mol. The third-order valence-corrected chi connectivity index (χ3v) is 3.63. The highest BCUT2D eigenvalue weighted by Crippen LogP contribution is 2.19. The van der Waals surface area contributed by atoms with Crippen LogP contribution in [0.5, 0.6) is 0 Å². The molecule has 1 unspecified atom stereocenters. The van der Waals surface area contributed by atoms with Gasteiger partial charge in [0.1, 0.15) is 5.72 Å². The van der Waals surface area contributed by atoms with E-state index in [1.165, 1.54) is 16.7 Å². The fourth-order valence-corrected chi connectivity index (χ4v) is 2.42. The van der Waals surface area contributed by atoms with Crippen molar-refractivity contribution in [3.8, 4) is 0 Å². The maximum absolute atomic E-state index is 5.96. The van der Waals surface area contributed by atoms with Crippen LogP contribution in [0.25, 0.3) is 5.57 Å². The molecule has 2 nitrogen and oxygen atoms in total. The summed E-state index contributed by atoms with van der Waals surface area (Å²) in [5.74, 6) is 0.396. The SMILES string of the molecule is CCNC(C)(C)OCC(C)/C=C(\C)c1cccc(CC)c1. The molecule has 0 aliphatic heterocycles. The number of rotatable bonds is 8. The summed E-state index contributed by atoms with van der Waals surface area (Å²) in [6.45, 7) is 14.5. The maximum Gasteiger partial charge on any atom is 0.113 e. The molecule has 0 heterocycles. The van der Waals surface area contributed by atoms with E-state index in [-0.39, 0.29) is 5.72 Å². The first-order chi connectivity index (χ1) is 9.88. The highest BCUT2D eigenvalue weighted by molar-refractivity contribution is 5.64. The Bertz CT molecular complexity index is 462. The Kier molecular flexibility index (Phi) is 7.13. The van der Waals surface area contributed by atoms with Gasteiger partial charge >= 0.3 is 0 Å². The summed E-state index contributed by atoms with van der Waals surface area (Å²) in [6, 6.07) is 8.78. The molecule has 0 spiro atoms. The van der Waals surface area contributed by atoms with Gasteiger partial charge in [0.05, 0.1) is 6.61 Å². The number of hydrogen-bond donors (Lipinski definition) is 1. The highest BCUT2D eigenvalue weighted by atomic mass is 16.5. The minimum absolute atomic E-state index is 0.257. The van der Waals surface area contributed by atoms with Gasteiger partial charge in [0.2, 0.25) is 0 Å². The van der Waals surface area contributed by atoms with Crippen molar-refractivity contribution in [3.05, 3.63) is 41.5 Å². The van der Waals surface area contributed by atoms with Crippen molar-refractivity contribution in [3.63, 3.8) is 0 Å². The molecule has 0 bridgehead atoms. The first-order valence-corrected chi connectivity index (χ1v) is 8.04. The van der Waals surface area contributed by atoms with E-state index in [2.05, 4.69) is 77.2 Å². The van der Waals surface area contributed by atoms with Crippen LogP contribution < -0.4 is 5.32 Å². The maximum atomic E-state index is 5.96. The molecule has 1 N–H and O–H groups in total. The normalized spacial score (nSPS) is 14.3. The summed E-state index contributed by atoms with van der Waals surface area (Å²) in [4.78, 5) is 0. The topological polar surface area (TPSA) is 21.3 Å². The molecule has 2 heteroatoms. The Hall–Kier alpha value is -1.12. The van der Waals surface area contributed by atoms with Gasteiger partial charge in [-0.25, -0.2) is 0 Å². The first kappa shape index (κ1) is 17.9. The van der Waals surface area contributed by atoms with E-state index >= 15 is 0 Å². The quantitative estimate of drug-likeness (QED) is 0.703.